The molecule has 1 saturated heterocycles. The molecule has 31 heavy (non-hydrogen) atoms. The van der Waals surface area contributed by atoms with Gasteiger partial charge in [0.2, 0.25) is 5.91 Å². The molecule has 1 amide bonds. The summed E-state index contributed by atoms with van der Waals surface area (Å²) in [5.41, 5.74) is 3.84. The normalized spacial score (nSPS) is 28.4. The summed E-state index contributed by atoms with van der Waals surface area (Å²) in [7, 11) is 3.75. The van der Waals surface area contributed by atoms with E-state index in [0.717, 1.165) is 39.1 Å². The summed E-state index contributed by atoms with van der Waals surface area (Å²) < 4.78 is 0. The molecule has 0 unspecified atom stereocenters. The third-order valence-electron chi connectivity index (χ3n) is 7.82. The highest BCUT2D eigenvalue weighted by molar-refractivity contribution is 5.81. The number of amides is 1. The Morgan fingerprint density at radius 1 is 1.00 bits per heavy atom. The van der Waals surface area contributed by atoms with Gasteiger partial charge >= 0.3 is 0 Å². The van der Waals surface area contributed by atoms with Crippen LogP contribution >= 0.6 is 0 Å². The van der Waals surface area contributed by atoms with Crippen LogP contribution in [-0.2, 0) is 4.79 Å². The highest BCUT2D eigenvalue weighted by Gasteiger charge is 2.44. The van der Waals surface area contributed by atoms with E-state index in [1.807, 2.05) is 14.1 Å². The zero-order valence-corrected chi connectivity index (χ0v) is 20.7. The molecular weight excluding hydrogens is 382 g/mol. The summed E-state index contributed by atoms with van der Waals surface area (Å²) in [5, 5.41) is 0. The van der Waals surface area contributed by atoms with E-state index in [4.69, 9.17) is 0 Å². The summed E-state index contributed by atoms with van der Waals surface area (Å²) in [6.45, 7) is 15.3. The van der Waals surface area contributed by atoms with Gasteiger partial charge in [0, 0.05) is 58.4 Å². The summed E-state index contributed by atoms with van der Waals surface area (Å²) in [6, 6.07) is 9.20. The Balaban J connectivity index is 1.38. The van der Waals surface area contributed by atoms with Crippen molar-refractivity contribution in [1.29, 1.82) is 0 Å². The molecule has 1 aromatic rings. The Hall–Kier alpha value is -1.55. The lowest BCUT2D eigenvalue weighted by Gasteiger charge is -2.46. The second-order valence-corrected chi connectivity index (χ2v) is 12.3. The van der Waals surface area contributed by atoms with Crippen LogP contribution in [-0.4, -0.2) is 62.5 Å². The predicted molar refractivity (Wildman–Crippen MR) is 130 cm³/mol. The minimum atomic E-state index is 0.270. The van der Waals surface area contributed by atoms with E-state index in [0.29, 0.717) is 28.6 Å². The lowest BCUT2D eigenvalue weighted by Crippen LogP contribution is -2.47. The monoisotopic (exact) mass is 425 g/mol. The Kier molecular flexibility index (Phi) is 6.15. The molecule has 4 heteroatoms. The van der Waals surface area contributed by atoms with E-state index in [1.165, 1.54) is 24.9 Å². The van der Waals surface area contributed by atoms with Crippen molar-refractivity contribution in [2.75, 3.05) is 51.7 Å². The lowest BCUT2D eigenvalue weighted by atomic mass is 9.60. The van der Waals surface area contributed by atoms with Crippen molar-refractivity contribution in [3.63, 3.8) is 0 Å². The number of hydrogen-bond acceptors (Lipinski definition) is 3. The molecule has 0 bridgehead atoms. The Bertz CT molecular complexity index is 775. The quantitative estimate of drug-likeness (QED) is 0.674. The molecule has 2 atom stereocenters. The van der Waals surface area contributed by atoms with Crippen molar-refractivity contribution in [2.45, 2.75) is 59.3 Å². The van der Waals surface area contributed by atoms with E-state index in [2.05, 4.69) is 61.8 Å². The third kappa shape index (κ3) is 5.27. The number of carbonyl (C=O) groups is 1. The molecule has 2 aliphatic carbocycles. The third-order valence-corrected chi connectivity index (χ3v) is 7.82. The van der Waals surface area contributed by atoms with Gasteiger partial charge in [-0.1, -0.05) is 45.9 Å². The van der Waals surface area contributed by atoms with Gasteiger partial charge in [0.25, 0.3) is 0 Å². The second-order valence-electron chi connectivity index (χ2n) is 12.3. The van der Waals surface area contributed by atoms with Gasteiger partial charge in [-0.15, -0.1) is 0 Å². The molecule has 0 N–H and O–H groups in total. The first-order valence-corrected chi connectivity index (χ1v) is 12.3. The van der Waals surface area contributed by atoms with Crippen LogP contribution in [0.3, 0.4) is 0 Å². The molecule has 0 aromatic heterocycles. The van der Waals surface area contributed by atoms with E-state index < -0.39 is 0 Å². The van der Waals surface area contributed by atoms with Crippen molar-refractivity contribution in [3.8, 4) is 0 Å². The maximum Gasteiger partial charge on any atom is 0.225 e. The maximum absolute atomic E-state index is 12.2. The maximum atomic E-state index is 12.2. The first-order chi connectivity index (χ1) is 14.5. The van der Waals surface area contributed by atoms with Crippen LogP contribution in [0.25, 0.3) is 0 Å². The van der Waals surface area contributed by atoms with Crippen LogP contribution in [0.15, 0.2) is 24.3 Å². The Morgan fingerprint density at radius 3 is 2.23 bits per heavy atom. The summed E-state index contributed by atoms with van der Waals surface area (Å²) >= 11 is 0. The largest absolute Gasteiger partial charge is 0.369 e. The highest BCUT2D eigenvalue weighted by Crippen LogP contribution is 2.53. The fourth-order valence-corrected chi connectivity index (χ4v) is 6.77. The summed E-state index contributed by atoms with van der Waals surface area (Å²) in [5.74, 6) is 1.81. The molecule has 4 rings (SSSR count). The lowest BCUT2D eigenvalue weighted by molar-refractivity contribution is -0.130. The van der Waals surface area contributed by atoms with Gasteiger partial charge in [-0.2, -0.15) is 0 Å². The van der Waals surface area contributed by atoms with Gasteiger partial charge in [-0.05, 0) is 60.0 Å². The predicted octanol–water partition coefficient (Wildman–Crippen LogP) is 4.85. The Morgan fingerprint density at radius 2 is 1.61 bits per heavy atom. The minimum Gasteiger partial charge on any atom is -0.369 e. The van der Waals surface area contributed by atoms with Crippen molar-refractivity contribution in [1.82, 2.24) is 9.80 Å². The van der Waals surface area contributed by atoms with Gasteiger partial charge in [-0.25, -0.2) is 0 Å². The molecular formula is C27H43N3O. The molecule has 3 fully saturated rings. The van der Waals surface area contributed by atoms with Gasteiger partial charge in [0.1, 0.15) is 0 Å². The molecule has 172 valence electrons. The summed E-state index contributed by atoms with van der Waals surface area (Å²) in [4.78, 5) is 19.1. The molecule has 0 spiro atoms. The van der Waals surface area contributed by atoms with Gasteiger partial charge in [0.15, 0.2) is 0 Å². The van der Waals surface area contributed by atoms with Crippen molar-refractivity contribution >= 4 is 11.6 Å². The number of rotatable bonds is 5. The van der Waals surface area contributed by atoms with E-state index in [9.17, 15) is 4.79 Å². The number of anilines is 1. The SMILES string of the molecule is CN(C)C(=O)[C@@H]1C[C@@H]1CN1CCN(c2ccccc2C2CC(C)(C)CC(C)(C)C2)CC1. The average Bonchev–Trinajstić information content (AvgIpc) is 3.44. The van der Waals surface area contributed by atoms with Crippen LogP contribution in [0, 0.1) is 22.7 Å². The minimum absolute atomic E-state index is 0.270. The van der Waals surface area contributed by atoms with Gasteiger partial charge in [-0.3, -0.25) is 9.69 Å². The highest BCUT2D eigenvalue weighted by atomic mass is 16.2. The first-order valence-electron chi connectivity index (χ1n) is 12.3. The average molecular weight is 426 g/mol. The van der Waals surface area contributed by atoms with Crippen LogP contribution in [0.1, 0.15) is 64.9 Å². The summed E-state index contributed by atoms with van der Waals surface area (Å²) in [6.07, 6.45) is 4.97. The van der Waals surface area contributed by atoms with Crippen LogP contribution in [0.2, 0.25) is 0 Å². The van der Waals surface area contributed by atoms with Crippen molar-refractivity contribution < 1.29 is 4.79 Å². The number of nitrogens with zero attached hydrogens (tertiary/aromatic N) is 3. The van der Waals surface area contributed by atoms with E-state index in [1.54, 1.807) is 10.5 Å². The topological polar surface area (TPSA) is 26.8 Å². The molecule has 1 aromatic carbocycles. The number of benzene rings is 1. The fourth-order valence-electron chi connectivity index (χ4n) is 6.77. The van der Waals surface area contributed by atoms with Crippen LogP contribution in [0.5, 0.6) is 0 Å². The van der Waals surface area contributed by atoms with Crippen molar-refractivity contribution in [3.05, 3.63) is 29.8 Å². The molecule has 2 saturated carbocycles. The Labute approximate surface area is 190 Å². The standard InChI is InChI=1S/C27H43N3O/c1-26(2)16-21(17-27(3,4)19-26)22-9-7-8-10-24(22)30-13-11-29(12-14-30)18-20-15-23(20)25(31)28(5)6/h7-10,20-21,23H,11-19H2,1-6H3/t20-,23-/m1/s1. The fraction of sp³-hybridized carbons (Fsp3) is 0.741. The second kappa shape index (κ2) is 8.42. The number of carbonyl (C=O) groups excluding carboxylic acids is 1. The van der Waals surface area contributed by atoms with Crippen LogP contribution < -0.4 is 4.90 Å². The zero-order valence-electron chi connectivity index (χ0n) is 20.7. The molecule has 4 nitrogen and oxygen atoms in total. The number of piperazine rings is 1. The van der Waals surface area contributed by atoms with E-state index >= 15 is 0 Å². The molecule has 1 heterocycles. The van der Waals surface area contributed by atoms with E-state index in [-0.39, 0.29) is 5.92 Å². The van der Waals surface area contributed by atoms with Crippen molar-refractivity contribution in [2.24, 2.45) is 22.7 Å². The first kappa shape index (κ1) is 22.6. The van der Waals surface area contributed by atoms with Gasteiger partial charge in [0.05, 0.1) is 0 Å². The number of hydrogen-bond donors (Lipinski definition) is 0. The molecule has 1 aliphatic heterocycles. The smallest absolute Gasteiger partial charge is 0.225 e. The zero-order chi connectivity index (χ0) is 22.4. The molecule has 3 aliphatic rings. The number of para-hydroxylation sites is 1. The van der Waals surface area contributed by atoms with Gasteiger partial charge < -0.3 is 9.80 Å². The molecule has 0 radical (unpaired) electrons. The van der Waals surface area contributed by atoms with Crippen LogP contribution in [0.4, 0.5) is 5.69 Å².